The Balaban J connectivity index is 1.47. The van der Waals surface area contributed by atoms with E-state index in [-0.39, 0.29) is 11.8 Å². The number of morpholine rings is 1. The Hall–Kier alpha value is -1.50. The molecule has 1 aromatic heterocycles. The van der Waals surface area contributed by atoms with Crippen LogP contribution in [-0.4, -0.2) is 71.7 Å². The van der Waals surface area contributed by atoms with Gasteiger partial charge in [0.25, 0.3) is 0 Å². The molecule has 2 aliphatic heterocycles. The summed E-state index contributed by atoms with van der Waals surface area (Å²) < 4.78 is 5.31. The monoisotopic (exact) mass is 319 g/mol. The molecule has 0 spiro atoms. The Morgan fingerprint density at radius 1 is 1.26 bits per heavy atom. The minimum atomic E-state index is -0.535. The molecule has 1 N–H and O–H groups in total. The van der Waals surface area contributed by atoms with E-state index in [4.69, 9.17) is 4.74 Å². The first-order chi connectivity index (χ1) is 11.2. The van der Waals surface area contributed by atoms with Crippen LogP contribution in [0.3, 0.4) is 0 Å². The fraction of sp³-hybridized carbons (Fsp3) is 0.647. The first kappa shape index (κ1) is 16.4. The average Bonchev–Trinajstić information content (AvgIpc) is 2.63. The minimum Gasteiger partial charge on any atom is -0.387 e. The maximum Gasteiger partial charge on any atom is 0.236 e. The molecule has 126 valence electrons. The number of pyridine rings is 1. The molecule has 6 heteroatoms. The Labute approximate surface area is 137 Å². The van der Waals surface area contributed by atoms with Gasteiger partial charge in [-0.25, -0.2) is 0 Å². The summed E-state index contributed by atoms with van der Waals surface area (Å²) in [4.78, 5) is 20.7. The number of nitrogens with zero attached hydrogens (tertiary/aromatic N) is 3. The van der Waals surface area contributed by atoms with Crippen LogP contribution in [0.15, 0.2) is 24.4 Å². The standard InChI is InChI=1S/C17H25N3O3/c21-16(13-19-9-11-23-12-10-19)20-7-4-14(5-8-20)17(22)15-3-1-2-6-18-15/h1-3,6,14,17,22H,4-5,7-13H2. The zero-order chi connectivity index (χ0) is 16.1. The van der Waals surface area contributed by atoms with Crippen molar-refractivity contribution in [2.75, 3.05) is 45.9 Å². The number of hydrogen-bond acceptors (Lipinski definition) is 5. The number of aromatic nitrogens is 1. The maximum atomic E-state index is 12.4. The normalized spacial score (nSPS) is 22.0. The Bertz CT molecular complexity index is 497. The van der Waals surface area contributed by atoms with Crippen LogP contribution in [-0.2, 0) is 9.53 Å². The van der Waals surface area contributed by atoms with E-state index in [0.29, 0.717) is 19.8 Å². The number of aliphatic hydroxyl groups excluding tert-OH is 1. The number of rotatable bonds is 4. The van der Waals surface area contributed by atoms with Crippen molar-refractivity contribution in [1.29, 1.82) is 0 Å². The van der Waals surface area contributed by atoms with E-state index in [1.54, 1.807) is 6.20 Å². The van der Waals surface area contributed by atoms with Gasteiger partial charge in [0.1, 0.15) is 0 Å². The van der Waals surface area contributed by atoms with Crippen LogP contribution < -0.4 is 0 Å². The highest BCUT2D eigenvalue weighted by molar-refractivity contribution is 5.78. The number of ether oxygens (including phenoxy) is 1. The van der Waals surface area contributed by atoms with Gasteiger partial charge in [-0.2, -0.15) is 0 Å². The van der Waals surface area contributed by atoms with E-state index in [1.165, 1.54) is 0 Å². The zero-order valence-corrected chi connectivity index (χ0v) is 13.4. The quantitative estimate of drug-likeness (QED) is 0.884. The van der Waals surface area contributed by atoms with Crippen LogP contribution in [0.2, 0.25) is 0 Å². The Morgan fingerprint density at radius 3 is 2.65 bits per heavy atom. The van der Waals surface area contributed by atoms with Gasteiger partial charge in [0, 0.05) is 32.4 Å². The summed E-state index contributed by atoms with van der Waals surface area (Å²) in [6.45, 7) is 5.02. The molecular weight excluding hydrogens is 294 g/mol. The second-order valence-corrected chi connectivity index (χ2v) is 6.31. The van der Waals surface area contributed by atoms with E-state index < -0.39 is 6.10 Å². The highest BCUT2D eigenvalue weighted by atomic mass is 16.5. The third-order valence-corrected chi connectivity index (χ3v) is 4.79. The molecule has 2 fully saturated rings. The summed E-state index contributed by atoms with van der Waals surface area (Å²) >= 11 is 0. The van der Waals surface area contributed by atoms with E-state index in [2.05, 4.69) is 9.88 Å². The molecule has 0 saturated carbocycles. The molecule has 2 saturated heterocycles. The van der Waals surface area contributed by atoms with Crippen LogP contribution in [0.25, 0.3) is 0 Å². The molecule has 1 unspecified atom stereocenters. The molecule has 0 radical (unpaired) electrons. The maximum absolute atomic E-state index is 12.4. The van der Waals surface area contributed by atoms with Gasteiger partial charge in [-0.15, -0.1) is 0 Å². The van der Waals surface area contributed by atoms with Crippen molar-refractivity contribution in [3.05, 3.63) is 30.1 Å². The third kappa shape index (κ3) is 4.28. The lowest BCUT2D eigenvalue weighted by Crippen LogP contribution is -2.47. The topological polar surface area (TPSA) is 65.9 Å². The Morgan fingerprint density at radius 2 is 2.00 bits per heavy atom. The highest BCUT2D eigenvalue weighted by Crippen LogP contribution is 2.29. The molecule has 2 aliphatic rings. The van der Waals surface area contributed by atoms with Gasteiger partial charge in [-0.3, -0.25) is 14.7 Å². The van der Waals surface area contributed by atoms with Gasteiger partial charge in [0.2, 0.25) is 5.91 Å². The average molecular weight is 319 g/mol. The predicted octanol–water partition coefficient (Wildman–Crippen LogP) is 0.686. The van der Waals surface area contributed by atoms with Crippen molar-refractivity contribution < 1.29 is 14.6 Å². The van der Waals surface area contributed by atoms with Gasteiger partial charge >= 0.3 is 0 Å². The second-order valence-electron chi connectivity index (χ2n) is 6.31. The van der Waals surface area contributed by atoms with Crippen molar-refractivity contribution in [2.24, 2.45) is 5.92 Å². The number of carbonyl (C=O) groups is 1. The lowest BCUT2D eigenvalue weighted by Gasteiger charge is -2.35. The van der Waals surface area contributed by atoms with Crippen LogP contribution in [0, 0.1) is 5.92 Å². The molecule has 3 rings (SSSR count). The first-order valence-electron chi connectivity index (χ1n) is 8.41. The van der Waals surface area contributed by atoms with E-state index in [0.717, 1.165) is 44.7 Å². The largest absolute Gasteiger partial charge is 0.387 e. The fourth-order valence-electron chi connectivity index (χ4n) is 3.31. The molecule has 0 bridgehead atoms. The molecule has 0 aliphatic carbocycles. The highest BCUT2D eigenvalue weighted by Gasteiger charge is 2.29. The van der Waals surface area contributed by atoms with E-state index in [1.807, 2.05) is 23.1 Å². The zero-order valence-electron chi connectivity index (χ0n) is 13.4. The number of carbonyl (C=O) groups excluding carboxylic acids is 1. The fourth-order valence-corrected chi connectivity index (χ4v) is 3.31. The minimum absolute atomic E-state index is 0.178. The van der Waals surface area contributed by atoms with Gasteiger partial charge in [-0.05, 0) is 30.9 Å². The molecule has 3 heterocycles. The molecule has 0 aromatic carbocycles. The van der Waals surface area contributed by atoms with Crippen LogP contribution in [0.4, 0.5) is 0 Å². The lowest BCUT2D eigenvalue weighted by molar-refractivity contribution is -0.135. The van der Waals surface area contributed by atoms with Gasteiger partial charge < -0.3 is 14.7 Å². The molecular formula is C17H25N3O3. The summed E-state index contributed by atoms with van der Waals surface area (Å²) in [5, 5.41) is 10.4. The summed E-state index contributed by atoms with van der Waals surface area (Å²) in [5.41, 5.74) is 0.727. The number of amides is 1. The lowest BCUT2D eigenvalue weighted by atomic mass is 9.89. The third-order valence-electron chi connectivity index (χ3n) is 4.79. The van der Waals surface area contributed by atoms with Gasteiger partial charge in [-0.1, -0.05) is 6.07 Å². The van der Waals surface area contributed by atoms with Crippen molar-refractivity contribution in [1.82, 2.24) is 14.8 Å². The van der Waals surface area contributed by atoms with E-state index in [9.17, 15) is 9.90 Å². The molecule has 23 heavy (non-hydrogen) atoms. The molecule has 6 nitrogen and oxygen atoms in total. The van der Waals surface area contributed by atoms with Crippen molar-refractivity contribution >= 4 is 5.91 Å². The number of aliphatic hydroxyl groups is 1. The number of piperidine rings is 1. The Kier molecular flexibility index (Phi) is 5.59. The second kappa shape index (κ2) is 7.86. The van der Waals surface area contributed by atoms with E-state index >= 15 is 0 Å². The number of likely N-dealkylation sites (tertiary alicyclic amines) is 1. The smallest absolute Gasteiger partial charge is 0.236 e. The summed E-state index contributed by atoms with van der Waals surface area (Å²) in [7, 11) is 0. The summed E-state index contributed by atoms with van der Waals surface area (Å²) in [5.74, 6) is 0.370. The molecule has 1 aromatic rings. The SMILES string of the molecule is O=C(CN1CCOCC1)N1CCC(C(O)c2ccccn2)CC1. The van der Waals surface area contributed by atoms with Crippen LogP contribution in [0.1, 0.15) is 24.6 Å². The van der Waals surface area contributed by atoms with Gasteiger partial charge in [0.15, 0.2) is 0 Å². The van der Waals surface area contributed by atoms with Crippen molar-refractivity contribution in [2.45, 2.75) is 18.9 Å². The van der Waals surface area contributed by atoms with Crippen molar-refractivity contribution in [3.63, 3.8) is 0 Å². The summed E-state index contributed by atoms with van der Waals surface area (Å²) in [6.07, 6.45) is 2.83. The summed E-state index contributed by atoms with van der Waals surface area (Å²) in [6, 6.07) is 5.61. The predicted molar refractivity (Wildman–Crippen MR) is 85.8 cm³/mol. The molecule has 1 amide bonds. The van der Waals surface area contributed by atoms with Crippen LogP contribution in [0.5, 0.6) is 0 Å². The van der Waals surface area contributed by atoms with Gasteiger partial charge in [0.05, 0.1) is 31.6 Å². The first-order valence-corrected chi connectivity index (χ1v) is 8.41. The van der Waals surface area contributed by atoms with Crippen molar-refractivity contribution in [3.8, 4) is 0 Å². The number of hydrogen-bond donors (Lipinski definition) is 1. The van der Waals surface area contributed by atoms with Crippen LogP contribution >= 0.6 is 0 Å². The molecule has 1 atom stereocenters.